The zero-order valence-electron chi connectivity index (χ0n) is 16.6. The summed E-state index contributed by atoms with van der Waals surface area (Å²) in [5.41, 5.74) is -0.158. The van der Waals surface area contributed by atoms with Gasteiger partial charge in [-0.25, -0.2) is 9.18 Å². The lowest BCUT2D eigenvalue weighted by Gasteiger charge is -2.38. The topological polar surface area (TPSA) is 87.3 Å². The first-order chi connectivity index (χ1) is 14.2. The highest BCUT2D eigenvalue weighted by Gasteiger charge is 2.55. The second-order valence-corrected chi connectivity index (χ2v) is 9.80. The number of fused-ring (bicyclic) bond motifs is 1. The van der Waals surface area contributed by atoms with Crippen molar-refractivity contribution in [3.05, 3.63) is 33.6 Å². The molecule has 2 aliphatic carbocycles. The van der Waals surface area contributed by atoms with Crippen LogP contribution in [0.4, 0.5) is 9.18 Å². The van der Waals surface area contributed by atoms with Crippen molar-refractivity contribution < 1.29 is 18.8 Å². The Balaban J connectivity index is 1.62. The van der Waals surface area contributed by atoms with Gasteiger partial charge in [-0.2, -0.15) is 0 Å². The Morgan fingerprint density at radius 2 is 1.97 bits per heavy atom. The van der Waals surface area contributed by atoms with Crippen LogP contribution in [0.5, 0.6) is 0 Å². The van der Waals surface area contributed by atoms with Crippen molar-refractivity contribution >= 4 is 41.0 Å². The molecule has 3 N–H and O–H groups in total. The van der Waals surface area contributed by atoms with E-state index < -0.39 is 29.7 Å². The van der Waals surface area contributed by atoms with Gasteiger partial charge in [0, 0.05) is 18.5 Å². The molecule has 0 bridgehead atoms. The molecule has 4 rings (SSSR count). The number of rotatable bonds is 4. The molecule has 0 radical (unpaired) electrons. The molecule has 9 heteroatoms. The third kappa shape index (κ3) is 4.14. The molecule has 1 unspecified atom stereocenters. The van der Waals surface area contributed by atoms with Gasteiger partial charge in [0.05, 0.1) is 22.0 Å². The van der Waals surface area contributed by atoms with Gasteiger partial charge in [-0.1, -0.05) is 30.1 Å². The van der Waals surface area contributed by atoms with E-state index in [4.69, 9.17) is 23.2 Å². The maximum atomic E-state index is 14.9. The van der Waals surface area contributed by atoms with Gasteiger partial charge >= 0.3 is 6.03 Å². The van der Waals surface area contributed by atoms with Crippen LogP contribution in [0.3, 0.4) is 0 Å². The fraction of sp³-hybridized carbons (Fsp3) is 0.571. The molecule has 0 spiro atoms. The summed E-state index contributed by atoms with van der Waals surface area (Å²) in [5.74, 6) is -0.704. The summed E-state index contributed by atoms with van der Waals surface area (Å²) in [7, 11) is 0. The number of carbonyl (C=O) groups excluding carboxylic acids is 3. The first-order valence-corrected chi connectivity index (χ1v) is 10.9. The number of benzene rings is 1. The van der Waals surface area contributed by atoms with Crippen molar-refractivity contribution in [2.75, 3.05) is 6.54 Å². The van der Waals surface area contributed by atoms with Gasteiger partial charge in [0.15, 0.2) is 0 Å². The van der Waals surface area contributed by atoms with Crippen LogP contribution in [-0.4, -0.2) is 24.4 Å². The molecule has 4 amide bonds. The van der Waals surface area contributed by atoms with Crippen molar-refractivity contribution in [3.63, 3.8) is 0 Å². The molecule has 3 fully saturated rings. The average molecular weight is 456 g/mol. The molecule has 1 saturated heterocycles. The molecule has 1 aromatic rings. The van der Waals surface area contributed by atoms with Crippen LogP contribution in [-0.2, 0) is 9.59 Å². The van der Waals surface area contributed by atoms with Gasteiger partial charge in [-0.3, -0.25) is 14.9 Å². The minimum atomic E-state index is -0.654. The Morgan fingerprint density at radius 3 is 2.67 bits per heavy atom. The molecule has 1 aromatic carbocycles. The van der Waals surface area contributed by atoms with E-state index in [9.17, 15) is 18.8 Å². The summed E-state index contributed by atoms with van der Waals surface area (Å²) < 4.78 is 14.9. The van der Waals surface area contributed by atoms with E-state index in [2.05, 4.69) is 16.0 Å². The molecule has 30 heavy (non-hydrogen) atoms. The van der Waals surface area contributed by atoms with Crippen molar-refractivity contribution in [1.82, 2.24) is 16.0 Å². The van der Waals surface area contributed by atoms with E-state index in [1.54, 1.807) is 0 Å². The molecule has 1 heterocycles. The van der Waals surface area contributed by atoms with Gasteiger partial charge < -0.3 is 10.6 Å². The minimum Gasteiger partial charge on any atom is -0.348 e. The van der Waals surface area contributed by atoms with Crippen LogP contribution in [0.1, 0.15) is 50.6 Å². The maximum Gasteiger partial charge on any atom is 0.321 e. The number of amides is 4. The Morgan fingerprint density at radius 1 is 1.27 bits per heavy atom. The van der Waals surface area contributed by atoms with E-state index >= 15 is 0 Å². The molecule has 2 saturated carbocycles. The molecule has 5 atom stereocenters. The number of urea groups is 1. The van der Waals surface area contributed by atoms with Crippen LogP contribution in [0.2, 0.25) is 10.0 Å². The van der Waals surface area contributed by atoms with E-state index in [0.29, 0.717) is 11.8 Å². The SMILES string of the molecule is CC1([C@H](NC(=O)[C@@H]2CCC(=O)NC(=O)NC2)c2c(F)ccc(Cl)c2Cl)C[C@H]2C[C@H]2C1. The fourth-order valence-corrected chi connectivity index (χ4v) is 5.50. The predicted molar refractivity (Wildman–Crippen MR) is 111 cm³/mol. The lowest BCUT2D eigenvalue weighted by Crippen LogP contribution is -2.49. The van der Waals surface area contributed by atoms with Crippen molar-refractivity contribution in [1.29, 1.82) is 0 Å². The molecule has 1 aliphatic heterocycles. The Kier molecular flexibility index (Phi) is 5.70. The van der Waals surface area contributed by atoms with Crippen LogP contribution in [0, 0.1) is 29.0 Å². The second kappa shape index (κ2) is 8.00. The quantitative estimate of drug-likeness (QED) is 0.600. The molecular weight excluding hydrogens is 432 g/mol. The van der Waals surface area contributed by atoms with E-state index in [1.165, 1.54) is 18.6 Å². The highest BCUT2D eigenvalue weighted by Crippen LogP contribution is 2.64. The molecule has 0 aromatic heterocycles. The first kappa shape index (κ1) is 21.4. The first-order valence-electron chi connectivity index (χ1n) is 10.2. The number of nitrogens with one attached hydrogen (secondary N) is 3. The molecule has 3 aliphatic rings. The van der Waals surface area contributed by atoms with Crippen LogP contribution < -0.4 is 16.0 Å². The Hall–Kier alpha value is -1.86. The minimum absolute atomic E-state index is 0.0594. The van der Waals surface area contributed by atoms with Gasteiger partial charge in [0.25, 0.3) is 0 Å². The largest absolute Gasteiger partial charge is 0.348 e. The van der Waals surface area contributed by atoms with Crippen molar-refractivity contribution in [2.45, 2.75) is 45.1 Å². The van der Waals surface area contributed by atoms with E-state index in [1.807, 2.05) is 6.92 Å². The zero-order chi connectivity index (χ0) is 21.6. The highest BCUT2D eigenvalue weighted by molar-refractivity contribution is 6.42. The smallest absolute Gasteiger partial charge is 0.321 e. The van der Waals surface area contributed by atoms with Crippen molar-refractivity contribution in [2.24, 2.45) is 23.2 Å². The summed E-state index contributed by atoms with van der Waals surface area (Å²) in [5, 5.41) is 8.06. The zero-order valence-corrected chi connectivity index (χ0v) is 18.1. The third-order valence-corrected chi connectivity index (χ3v) is 7.55. The standard InChI is InChI=1S/C21H24Cl2FN3O3/c1-21(7-11-6-12(11)8-21)18(16-14(24)4-3-13(22)17(16)23)27-19(29)10-2-5-15(28)26-20(30)25-9-10/h3-4,10-12,18H,2,5-9H2,1H3,(H,27,29)(H2,25,26,28,30)/t10-,11-,12+,18-,21?/m1/s1. The average Bonchev–Trinajstić information content (AvgIpc) is 3.29. The second-order valence-electron chi connectivity index (χ2n) is 9.01. The number of hydrogen-bond donors (Lipinski definition) is 3. The van der Waals surface area contributed by atoms with Gasteiger partial charge in [0.1, 0.15) is 5.82 Å². The monoisotopic (exact) mass is 455 g/mol. The maximum absolute atomic E-state index is 14.9. The lowest BCUT2D eigenvalue weighted by atomic mass is 9.74. The van der Waals surface area contributed by atoms with Gasteiger partial charge in [-0.15, -0.1) is 0 Å². The summed E-state index contributed by atoms with van der Waals surface area (Å²) in [4.78, 5) is 36.5. The van der Waals surface area contributed by atoms with Crippen LogP contribution >= 0.6 is 23.2 Å². The highest BCUT2D eigenvalue weighted by atomic mass is 35.5. The summed E-state index contributed by atoms with van der Waals surface area (Å²) >= 11 is 12.6. The summed E-state index contributed by atoms with van der Waals surface area (Å²) in [6, 6.07) is 1.39. The predicted octanol–water partition coefficient (Wildman–Crippen LogP) is 3.96. The number of halogens is 3. The number of carbonyl (C=O) groups is 3. The number of imide groups is 1. The van der Waals surface area contributed by atoms with Gasteiger partial charge in [0.2, 0.25) is 11.8 Å². The van der Waals surface area contributed by atoms with Gasteiger partial charge in [-0.05, 0) is 55.1 Å². The molecule has 6 nitrogen and oxygen atoms in total. The summed E-state index contributed by atoms with van der Waals surface area (Å²) in [6.45, 7) is 2.14. The summed E-state index contributed by atoms with van der Waals surface area (Å²) in [6.07, 6.45) is 3.25. The van der Waals surface area contributed by atoms with E-state index in [0.717, 1.165) is 12.8 Å². The Labute approximate surface area is 184 Å². The third-order valence-electron chi connectivity index (χ3n) is 6.73. The van der Waals surface area contributed by atoms with Crippen LogP contribution in [0.15, 0.2) is 12.1 Å². The molecule has 162 valence electrons. The normalized spacial score (nSPS) is 31.7. The lowest BCUT2D eigenvalue weighted by molar-refractivity contribution is -0.127. The van der Waals surface area contributed by atoms with E-state index in [-0.39, 0.29) is 46.3 Å². The number of hydrogen-bond acceptors (Lipinski definition) is 3. The molecular formula is C21H24Cl2FN3O3. The fourth-order valence-electron chi connectivity index (χ4n) is 5.07. The van der Waals surface area contributed by atoms with Crippen molar-refractivity contribution in [3.8, 4) is 0 Å². The van der Waals surface area contributed by atoms with Crippen LogP contribution in [0.25, 0.3) is 0 Å². The Bertz CT molecular complexity index is 882.